The van der Waals surface area contributed by atoms with Crippen LogP contribution in [0.2, 0.25) is 10.1 Å². The molecule has 1 saturated carbocycles. The van der Waals surface area contributed by atoms with Gasteiger partial charge in [-0.25, -0.2) is 8.78 Å². The van der Waals surface area contributed by atoms with Crippen LogP contribution in [0.15, 0.2) is 91.0 Å². The van der Waals surface area contributed by atoms with E-state index in [4.69, 9.17) is 16.0 Å². The minimum absolute atomic E-state index is 0.121. The summed E-state index contributed by atoms with van der Waals surface area (Å²) >= 11 is 6.37. The molecule has 1 amide bonds. The zero-order valence-electron chi connectivity index (χ0n) is 27.6. The summed E-state index contributed by atoms with van der Waals surface area (Å²) in [4.78, 5) is 27.9. The normalized spacial score (nSPS) is 20.7. The molecule has 2 unspecified atom stereocenters. The van der Waals surface area contributed by atoms with Crippen LogP contribution < -0.4 is 10.4 Å². The first kappa shape index (κ1) is 34.0. The van der Waals surface area contributed by atoms with Crippen LogP contribution in [0.1, 0.15) is 68.3 Å². The molecule has 250 valence electrons. The summed E-state index contributed by atoms with van der Waals surface area (Å²) < 4.78 is 37.9. The molecule has 0 saturated heterocycles. The number of carbonyl (C=O) groups excluding carboxylic acids is 1. The highest BCUT2D eigenvalue weighted by Crippen LogP contribution is 2.52. The van der Waals surface area contributed by atoms with Crippen LogP contribution in [0.25, 0.3) is 0 Å². The zero-order chi connectivity index (χ0) is 34.4. The summed E-state index contributed by atoms with van der Waals surface area (Å²) in [6.45, 7) is 8.55. The smallest absolute Gasteiger partial charge is 0.307 e. The topological polar surface area (TPSA) is 66.8 Å². The van der Waals surface area contributed by atoms with Gasteiger partial charge in [-0.1, -0.05) is 105 Å². The fourth-order valence-electron chi connectivity index (χ4n) is 7.75. The molecule has 1 fully saturated rings. The van der Waals surface area contributed by atoms with Crippen molar-refractivity contribution in [1.29, 1.82) is 0 Å². The summed E-state index contributed by atoms with van der Waals surface area (Å²) in [7, 11) is -3.03. The Balaban J connectivity index is 1.45. The first-order chi connectivity index (χ1) is 22.8. The number of fused-ring (bicyclic) bond motifs is 1. The van der Waals surface area contributed by atoms with Gasteiger partial charge >= 0.3 is 5.97 Å². The molecule has 48 heavy (non-hydrogen) atoms. The number of carbonyl (C=O) groups is 2. The Bertz CT molecular complexity index is 1770. The van der Waals surface area contributed by atoms with Crippen molar-refractivity contribution in [3.8, 4) is 0 Å². The maximum Gasteiger partial charge on any atom is 0.307 e. The lowest BCUT2D eigenvalue weighted by molar-refractivity contribution is -0.138. The van der Waals surface area contributed by atoms with E-state index >= 15 is 4.39 Å². The van der Waals surface area contributed by atoms with Crippen LogP contribution in [0.5, 0.6) is 0 Å². The van der Waals surface area contributed by atoms with Crippen LogP contribution in [0.4, 0.5) is 8.78 Å². The van der Waals surface area contributed by atoms with Crippen molar-refractivity contribution in [3.05, 3.63) is 130 Å². The Morgan fingerprint density at radius 1 is 0.917 bits per heavy atom. The third kappa shape index (κ3) is 6.10. The van der Waals surface area contributed by atoms with Gasteiger partial charge in [-0.05, 0) is 70.1 Å². The van der Waals surface area contributed by atoms with E-state index in [0.717, 1.165) is 21.5 Å². The van der Waals surface area contributed by atoms with E-state index in [-0.39, 0.29) is 41.0 Å². The zero-order valence-corrected chi connectivity index (χ0v) is 29.3. The number of hydrogen-bond donors (Lipinski definition) is 1. The minimum atomic E-state index is -3.03. The molecule has 2 aliphatic rings. The summed E-state index contributed by atoms with van der Waals surface area (Å²) in [5.74, 6) is -3.32. The number of nitrogens with zero attached hydrogens (tertiary/aromatic N) is 1. The number of carboxylic acid groups (broad SMARTS) is 1. The number of aliphatic carboxylic acids is 1. The predicted octanol–water partition coefficient (Wildman–Crippen LogP) is 7.44. The molecular weight excluding hydrogens is 648 g/mol. The predicted molar refractivity (Wildman–Crippen MR) is 186 cm³/mol. The van der Waals surface area contributed by atoms with E-state index in [1.165, 1.54) is 18.2 Å². The SMILES string of the molecule is C[C@H]1c2ccc(F)c(C3CC3C(=O)O)c2C[C@H](CO[Si](c2ccccc2)(c2ccccc2)C(C)(C)C)N1C(=O)Cc1c(F)cccc1Cl. The van der Waals surface area contributed by atoms with Gasteiger partial charge in [0, 0.05) is 16.5 Å². The van der Waals surface area contributed by atoms with Crippen molar-refractivity contribution >= 4 is 42.2 Å². The fourth-order valence-corrected chi connectivity index (χ4v) is 12.6. The Hall–Kier alpha value is -3.85. The molecule has 4 aromatic rings. The Labute approximate surface area is 286 Å². The number of hydrogen-bond acceptors (Lipinski definition) is 3. The fraction of sp³-hybridized carbons (Fsp3) is 0.333. The molecule has 6 rings (SSSR count). The van der Waals surface area contributed by atoms with Crippen LogP contribution >= 0.6 is 11.6 Å². The van der Waals surface area contributed by atoms with Gasteiger partial charge in [0.1, 0.15) is 11.6 Å². The second-order valence-electron chi connectivity index (χ2n) is 14.0. The van der Waals surface area contributed by atoms with Gasteiger partial charge in [-0.15, -0.1) is 0 Å². The average molecular weight is 688 g/mol. The third-order valence-corrected chi connectivity index (χ3v) is 15.5. The Morgan fingerprint density at radius 2 is 1.54 bits per heavy atom. The largest absolute Gasteiger partial charge is 0.481 e. The van der Waals surface area contributed by atoms with Crippen molar-refractivity contribution < 1.29 is 27.9 Å². The Kier molecular flexibility index (Phi) is 9.37. The van der Waals surface area contributed by atoms with Crippen molar-refractivity contribution in [2.45, 2.75) is 70.0 Å². The molecule has 0 bridgehead atoms. The van der Waals surface area contributed by atoms with E-state index in [1.807, 2.05) is 43.3 Å². The lowest BCUT2D eigenvalue weighted by atomic mass is 9.83. The van der Waals surface area contributed by atoms with Gasteiger partial charge in [0.2, 0.25) is 5.91 Å². The van der Waals surface area contributed by atoms with Crippen molar-refractivity contribution in [3.63, 3.8) is 0 Å². The standard InChI is InChI=1S/C39H40ClF2NO4Si/c1-24-28-18-19-35(42)37(30-21-31(30)38(45)46)29(28)20-25(43(24)36(44)22-32-33(40)16-11-17-34(32)41)23-47-48(39(2,3)4,26-12-7-5-8-13-26)27-14-9-6-10-15-27/h5-19,24-25,30-31H,20-23H2,1-4H3,(H,45,46)/t24-,25+,30?,31?/m0/s1. The third-order valence-electron chi connectivity index (χ3n) is 10.1. The number of rotatable bonds is 9. The molecule has 1 aliphatic heterocycles. The van der Waals surface area contributed by atoms with Gasteiger partial charge < -0.3 is 14.4 Å². The second-order valence-corrected chi connectivity index (χ2v) is 18.7. The summed E-state index contributed by atoms with van der Waals surface area (Å²) in [5.41, 5.74) is 2.04. The first-order valence-corrected chi connectivity index (χ1v) is 18.7. The molecule has 0 aromatic heterocycles. The van der Waals surface area contributed by atoms with Gasteiger partial charge in [0.15, 0.2) is 0 Å². The van der Waals surface area contributed by atoms with E-state index in [9.17, 15) is 19.1 Å². The molecule has 1 aliphatic carbocycles. The Morgan fingerprint density at radius 3 is 2.08 bits per heavy atom. The molecule has 0 radical (unpaired) electrons. The molecule has 4 atom stereocenters. The average Bonchev–Trinajstić information content (AvgIpc) is 3.84. The molecule has 5 nitrogen and oxygen atoms in total. The van der Waals surface area contributed by atoms with Crippen LogP contribution in [-0.2, 0) is 26.9 Å². The van der Waals surface area contributed by atoms with Gasteiger partial charge in [-0.3, -0.25) is 9.59 Å². The molecule has 0 spiro atoms. The van der Waals surface area contributed by atoms with Crippen molar-refractivity contribution in [2.24, 2.45) is 5.92 Å². The van der Waals surface area contributed by atoms with Crippen LogP contribution in [0, 0.1) is 17.6 Å². The second kappa shape index (κ2) is 13.2. The maximum absolute atomic E-state index is 15.6. The monoisotopic (exact) mass is 687 g/mol. The van der Waals surface area contributed by atoms with Gasteiger partial charge in [0.25, 0.3) is 8.32 Å². The molecular formula is C39H40ClF2NO4Si. The maximum atomic E-state index is 15.6. The van der Waals surface area contributed by atoms with Crippen molar-refractivity contribution in [1.82, 2.24) is 4.90 Å². The van der Waals surface area contributed by atoms with E-state index < -0.39 is 49.8 Å². The molecule has 4 aromatic carbocycles. The van der Waals surface area contributed by atoms with Gasteiger partial charge in [0.05, 0.1) is 31.0 Å². The number of amides is 1. The quantitative estimate of drug-likeness (QED) is 0.186. The van der Waals surface area contributed by atoms with E-state index in [2.05, 4.69) is 45.0 Å². The number of halogens is 3. The summed E-state index contributed by atoms with van der Waals surface area (Å²) in [6.07, 6.45) is 0.387. The summed E-state index contributed by atoms with van der Waals surface area (Å²) in [5, 5.41) is 11.7. The molecule has 9 heteroatoms. The molecule has 1 N–H and O–H groups in total. The highest BCUT2D eigenvalue weighted by atomic mass is 35.5. The first-order valence-electron chi connectivity index (χ1n) is 16.4. The molecule has 1 heterocycles. The summed E-state index contributed by atoms with van der Waals surface area (Å²) in [6, 6.07) is 26.7. The van der Waals surface area contributed by atoms with E-state index in [0.29, 0.717) is 12.0 Å². The number of carboxylic acids is 1. The van der Waals surface area contributed by atoms with Gasteiger partial charge in [-0.2, -0.15) is 0 Å². The lowest BCUT2D eigenvalue weighted by Crippen LogP contribution is -2.67. The van der Waals surface area contributed by atoms with Crippen molar-refractivity contribution in [2.75, 3.05) is 6.61 Å². The van der Waals surface area contributed by atoms with Crippen LogP contribution in [0.3, 0.4) is 0 Å². The lowest BCUT2D eigenvalue weighted by Gasteiger charge is -2.47. The highest BCUT2D eigenvalue weighted by molar-refractivity contribution is 6.99. The number of benzene rings is 4. The van der Waals surface area contributed by atoms with E-state index in [1.54, 1.807) is 17.0 Å². The van der Waals surface area contributed by atoms with Crippen LogP contribution in [-0.4, -0.2) is 42.8 Å². The highest BCUT2D eigenvalue weighted by Gasteiger charge is 2.52. The minimum Gasteiger partial charge on any atom is -0.481 e.